The molecule has 3 aromatic carbocycles. The number of para-hydroxylation sites is 1. The summed E-state index contributed by atoms with van der Waals surface area (Å²) in [4.78, 5) is 23.5. The van der Waals surface area contributed by atoms with Crippen LogP contribution >= 0.6 is 27.5 Å². The van der Waals surface area contributed by atoms with E-state index < -0.39 is 0 Å². The van der Waals surface area contributed by atoms with Gasteiger partial charge in [-0.05, 0) is 43.3 Å². The molecule has 0 fully saturated rings. The van der Waals surface area contributed by atoms with Gasteiger partial charge < -0.3 is 0 Å². The molecule has 0 aliphatic rings. The van der Waals surface area contributed by atoms with Crippen molar-refractivity contribution in [3.63, 3.8) is 0 Å². The summed E-state index contributed by atoms with van der Waals surface area (Å²) in [5.41, 5.74) is 3.51. The highest BCUT2D eigenvalue weighted by molar-refractivity contribution is 9.10. The maximum atomic E-state index is 13.8. The van der Waals surface area contributed by atoms with Crippen LogP contribution in [0.15, 0.2) is 82.1 Å². The van der Waals surface area contributed by atoms with Crippen molar-refractivity contribution in [1.29, 1.82) is 0 Å². The summed E-state index contributed by atoms with van der Waals surface area (Å²) >= 11 is 9.56. The van der Waals surface area contributed by atoms with E-state index >= 15 is 0 Å². The van der Waals surface area contributed by atoms with Crippen LogP contribution in [0.1, 0.15) is 5.82 Å². The van der Waals surface area contributed by atoms with Gasteiger partial charge in [-0.3, -0.25) is 9.36 Å². The summed E-state index contributed by atoms with van der Waals surface area (Å²) in [5, 5.41) is 1.98. The number of hydrogen-bond donors (Lipinski definition) is 0. The van der Waals surface area contributed by atoms with E-state index in [4.69, 9.17) is 21.6 Å². The lowest BCUT2D eigenvalue weighted by Crippen LogP contribution is -2.23. The van der Waals surface area contributed by atoms with Crippen LogP contribution in [0.2, 0.25) is 5.02 Å². The van der Waals surface area contributed by atoms with Gasteiger partial charge in [0.15, 0.2) is 0 Å². The Labute approximate surface area is 185 Å². The van der Waals surface area contributed by atoms with Crippen molar-refractivity contribution in [3.8, 4) is 16.9 Å². The molecule has 0 atom stereocenters. The molecule has 0 bridgehead atoms. The molecular weight excluding hydrogens is 462 g/mol. The molecule has 2 aromatic heterocycles. The third-order valence-corrected chi connectivity index (χ3v) is 5.81. The Kier molecular flexibility index (Phi) is 4.65. The van der Waals surface area contributed by atoms with Crippen molar-refractivity contribution in [2.45, 2.75) is 6.92 Å². The molecule has 146 valence electrons. The first-order valence-electron chi connectivity index (χ1n) is 9.37. The first-order valence-corrected chi connectivity index (χ1v) is 10.5. The smallest absolute Gasteiger partial charge is 0.266 e. The maximum absolute atomic E-state index is 13.8. The highest BCUT2D eigenvalue weighted by Crippen LogP contribution is 2.31. The summed E-state index contributed by atoms with van der Waals surface area (Å²) in [6.07, 6.45) is 0. The van der Waals surface area contributed by atoms with E-state index in [0.717, 1.165) is 26.6 Å². The van der Waals surface area contributed by atoms with Gasteiger partial charge in [-0.15, -0.1) is 0 Å². The molecule has 0 saturated heterocycles. The van der Waals surface area contributed by atoms with Gasteiger partial charge in [0.05, 0.1) is 22.3 Å². The minimum Gasteiger partial charge on any atom is -0.268 e. The number of hydrogen-bond acceptors (Lipinski definition) is 3. The molecule has 0 radical (unpaired) electrons. The molecule has 0 saturated carbocycles. The van der Waals surface area contributed by atoms with E-state index in [0.29, 0.717) is 27.4 Å². The fraction of sp³-hybridized carbons (Fsp3) is 0.0417. The van der Waals surface area contributed by atoms with Gasteiger partial charge in [0, 0.05) is 20.4 Å². The molecule has 0 amide bonds. The Balaban J connectivity index is 1.94. The third kappa shape index (κ3) is 3.11. The van der Waals surface area contributed by atoms with Crippen LogP contribution < -0.4 is 5.56 Å². The highest BCUT2D eigenvalue weighted by atomic mass is 79.9. The molecule has 0 spiro atoms. The average molecular weight is 477 g/mol. The number of nitrogens with zero attached hydrogens (tertiary/aromatic N) is 3. The molecule has 5 rings (SSSR count). The highest BCUT2D eigenvalue weighted by Gasteiger charge is 2.18. The number of rotatable bonds is 2. The van der Waals surface area contributed by atoms with Crippen molar-refractivity contribution in [1.82, 2.24) is 14.5 Å². The number of aryl methyl sites for hydroxylation is 1. The van der Waals surface area contributed by atoms with Crippen molar-refractivity contribution < 1.29 is 0 Å². The zero-order valence-corrected chi connectivity index (χ0v) is 18.3. The molecule has 0 N–H and O–H groups in total. The Morgan fingerprint density at radius 3 is 2.47 bits per heavy atom. The number of pyridine rings is 1. The molecule has 0 aliphatic carbocycles. The molecule has 0 unspecified atom stereocenters. The zero-order valence-electron chi connectivity index (χ0n) is 15.9. The van der Waals surface area contributed by atoms with Gasteiger partial charge in [0.1, 0.15) is 11.3 Å². The maximum Gasteiger partial charge on any atom is 0.266 e. The van der Waals surface area contributed by atoms with Gasteiger partial charge in [-0.2, -0.15) is 0 Å². The van der Waals surface area contributed by atoms with E-state index in [1.807, 2.05) is 79.7 Å². The third-order valence-electron chi connectivity index (χ3n) is 5.06. The Bertz CT molecular complexity index is 1490. The fourth-order valence-electron chi connectivity index (χ4n) is 3.73. The van der Waals surface area contributed by atoms with Crippen LogP contribution in [0.4, 0.5) is 0 Å². The summed E-state index contributed by atoms with van der Waals surface area (Å²) in [6.45, 7) is 1.84. The van der Waals surface area contributed by atoms with E-state index in [-0.39, 0.29) is 5.56 Å². The SMILES string of the molecule is Cc1nc2c(-c3ccc(Cl)cc3)nc3ccccc3c2c(=O)n1-c1cccc(Br)c1. The number of halogens is 2. The van der Waals surface area contributed by atoms with Gasteiger partial charge in [0.25, 0.3) is 5.56 Å². The lowest BCUT2D eigenvalue weighted by molar-refractivity contribution is 0.894. The van der Waals surface area contributed by atoms with Crippen LogP contribution in [0.5, 0.6) is 0 Å². The predicted molar refractivity (Wildman–Crippen MR) is 126 cm³/mol. The average Bonchev–Trinajstić information content (AvgIpc) is 2.73. The first-order chi connectivity index (χ1) is 14.5. The van der Waals surface area contributed by atoms with Crippen molar-refractivity contribution >= 4 is 49.3 Å². The van der Waals surface area contributed by atoms with Gasteiger partial charge >= 0.3 is 0 Å². The number of benzene rings is 3. The topological polar surface area (TPSA) is 47.8 Å². The standard InChI is InChI=1S/C24H15BrClN3O/c1-14-27-23-21(24(30)29(14)18-6-4-5-16(25)13-18)19-7-2-3-8-20(19)28-22(23)15-9-11-17(26)12-10-15/h2-13H,1H3. The molecular formula is C24H15BrClN3O. The Morgan fingerprint density at radius 2 is 1.70 bits per heavy atom. The molecule has 30 heavy (non-hydrogen) atoms. The van der Waals surface area contributed by atoms with Crippen molar-refractivity contribution in [2.24, 2.45) is 0 Å². The Morgan fingerprint density at radius 1 is 0.933 bits per heavy atom. The largest absolute Gasteiger partial charge is 0.268 e. The lowest BCUT2D eigenvalue weighted by Gasteiger charge is -2.14. The molecule has 0 aliphatic heterocycles. The van der Waals surface area contributed by atoms with Crippen LogP contribution in [-0.4, -0.2) is 14.5 Å². The molecule has 2 heterocycles. The van der Waals surface area contributed by atoms with Crippen LogP contribution in [0.25, 0.3) is 38.8 Å². The quantitative estimate of drug-likeness (QED) is 0.280. The molecule has 5 aromatic rings. The normalized spacial score (nSPS) is 11.3. The first kappa shape index (κ1) is 19.0. The predicted octanol–water partition coefficient (Wildman–Crippen LogP) is 6.33. The van der Waals surface area contributed by atoms with Crippen molar-refractivity contribution in [2.75, 3.05) is 0 Å². The minimum absolute atomic E-state index is 0.121. The minimum atomic E-state index is -0.121. The summed E-state index contributed by atoms with van der Waals surface area (Å²) in [7, 11) is 0. The summed E-state index contributed by atoms with van der Waals surface area (Å²) in [6, 6.07) is 22.7. The van der Waals surface area contributed by atoms with Crippen LogP contribution in [0.3, 0.4) is 0 Å². The summed E-state index contributed by atoms with van der Waals surface area (Å²) in [5.74, 6) is 0.595. The Hall–Kier alpha value is -3.02. The zero-order chi connectivity index (χ0) is 20.8. The van der Waals surface area contributed by atoms with Gasteiger partial charge in [-0.1, -0.05) is 63.9 Å². The van der Waals surface area contributed by atoms with E-state index in [9.17, 15) is 4.79 Å². The van der Waals surface area contributed by atoms with Crippen LogP contribution in [-0.2, 0) is 0 Å². The van der Waals surface area contributed by atoms with E-state index in [1.165, 1.54) is 0 Å². The number of fused-ring (bicyclic) bond motifs is 3. The second kappa shape index (κ2) is 7.35. The summed E-state index contributed by atoms with van der Waals surface area (Å²) < 4.78 is 2.54. The van der Waals surface area contributed by atoms with E-state index in [1.54, 1.807) is 4.57 Å². The van der Waals surface area contributed by atoms with Gasteiger partial charge in [0.2, 0.25) is 0 Å². The number of aromatic nitrogens is 3. The lowest BCUT2D eigenvalue weighted by atomic mass is 10.0. The van der Waals surface area contributed by atoms with E-state index in [2.05, 4.69) is 15.9 Å². The second-order valence-corrected chi connectivity index (χ2v) is 8.34. The molecule has 4 nitrogen and oxygen atoms in total. The van der Waals surface area contributed by atoms with Crippen LogP contribution in [0, 0.1) is 6.92 Å². The fourth-order valence-corrected chi connectivity index (χ4v) is 4.24. The second-order valence-electron chi connectivity index (χ2n) is 6.99. The van der Waals surface area contributed by atoms with Gasteiger partial charge in [-0.25, -0.2) is 9.97 Å². The monoisotopic (exact) mass is 475 g/mol. The molecule has 6 heteroatoms. The van der Waals surface area contributed by atoms with Crippen molar-refractivity contribution in [3.05, 3.63) is 98.5 Å².